The van der Waals surface area contributed by atoms with Gasteiger partial charge in [-0.05, 0) is 61.2 Å². The van der Waals surface area contributed by atoms with Crippen LogP contribution >= 0.6 is 0 Å². The van der Waals surface area contributed by atoms with Crippen molar-refractivity contribution in [3.63, 3.8) is 0 Å². The number of amides is 1. The van der Waals surface area contributed by atoms with Crippen LogP contribution in [0.4, 0.5) is 5.69 Å². The minimum absolute atomic E-state index is 0.0507. The van der Waals surface area contributed by atoms with Crippen molar-refractivity contribution in [3.8, 4) is 11.5 Å². The summed E-state index contributed by atoms with van der Waals surface area (Å²) in [5, 5.41) is 21.0. The van der Waals surface area contributed by atoms with Gasteiger partial charge in [-0.25, -0.2) is 9.59 Å². The van der Waals surface area contributed by atoms with Crippen LogP contribution < -0.4 is 14.8 Å². The lowest BCUT2D eigenvalue weighted by Crippen LogP contribution is -2.16. The fourth-order valence-corrected chi connectivity index (χ4v) is 3.37. The molecule has 0 spiro atoms. The van der Waals surface area contributed by atoms with E-state index < -0.39 is 11.9 Å². The number of aromatic carboxylic acids is 2. The van der Waals surface area contributed by atoms with Crippen molar-refractivity contribution in [1.82, 2.24) is 0 Å². The van der Waals surface area contributed by atoms with Crippen molar-refractivity contribution in [3.05, 3.63) is 89.5 Å². The lowest BCUT2D eigenvalue weighted by atomic mass is 10.1. The fraction of sp³-hybridized carbons (Fsp3) is 0.222. The Morgan fingerprint density at radius 1 is 0.771 bits per heavy atom. The van der Waals surface area contributed by atoms with E-state index in [4.69, 9.17) is 14.6 Å². The summed E-state index contributed by atoms with van der Waals surface area (Å²) in [6, 6.07) is 20.6. The molecule has 0 aliphatic rings. The lowest BCUT2D eigenvalue weighted by Gasteiger charge is -2.13. The van der Waals surface area contributed by atoms with Crippen LogP contribution in [0.5, 0.6) is 11.5 Å². The molecular formula is C27H27NO7. The Kier molecular flexibility index (Phi) is 9.24. The number of carboxylic acid groups (broad SMARTS) is 2. The molecule has 3 rings (SSSR count). The van der Waals surface area contributed by atoms with Gasteiger partial charge in [-0.3, -0.25) is 4.79 Å². The zero-order valence-corrected chi connectivity index (χ0v) is 19.1. The highest BCUT2D eigenvalue weighted by Gasteiger charge is 2.16. The molecule has 0 radical (unpaired) electrons. The van der Waals surface area contributed by atoms with Gasteiger partial charge in [-0.2, -0.15) is 0 Å². The van der Waals surface area contributed by atoms with Crippen LogP contribution in [0, 0.1) is 0 Å². The van der Waals surface area contributed by atoms with Crippen LogP contribution in [-0.4, -0.2) is 41.3 Å². The molecule has 0 saturated carbocycles. The molecule has 0 aromatic heterocycles. The number of rotatable bonds is 13. The molecular weight excluding hydrogens is 450 g/mol. The van der Waals surface area contributed by atoms with Crippen molar-refractivity contribution in [1.29, 1.82) is 0 Å². The predicted octanol–water partition coefficient (Wildman–Crippen LogP) is 4.89. The first-order valence-electron chi connectivity index (χ1n) is 11.2. The zero-order valence-electron chi connectivity index (χ0n) is 19.1. The van der Waals surface area contributed by atoms with E-state index in [0.717, 1.165) is 30.2 Å². The highest BCUT2D eigenvalue weighted by atomic mass is 16.5. The van der Waals surface area contributed by atoms with Gasteiger partial charge in [0.25, 0.3) is 0 Å². The van der Waals surface area contributed by atoms with Gasteiger partial charge in [0.2, 0.25) is 5.91 Å². The fourth-order valence-electron chi connectivity index (χ4n) is 3.37. The zero-order chi connectivity index (χ0) is 25.0. The second-order valence-electron chi connectivity index (χ2n) is 7.74. The van der Waals surface area contributed by atoms with Gasteiger partial charge in [-0.1, -0.05) is 36.4 Å². The molecule has 8 heteroatoms. The molecule has 8 nitrogen and oxygen atoms in total. The second kappa shape index (κ2) is 12.8. The van der Waals surface area contributed by atoms with E-state index in [1.807, 2.05) is 54.6 Å². The Morgan fingerprint density at radius 2 is 1.46 bits per heavy atom. The average Bonchev–Trinajstić information content (AvgIpc) is 2.86. The van der Waals surface area contributed by atoms with E-state index in [1.54, 1.807) is 0 Å². The van der Waals surface area contributed by atoms with Crippen LogP contribution in [0.15, 0.2) is 72.8 Å². The van der Waals surface area contributed by atoms with Crippen LogP contribution in [-0.2, 0) is 11.2 Å². The first-order valence-corrected chi connectivity index (χ1v) is 11.2. The average molecular weight is 478 g/mol. The minimum atomic E-state index is -1.32. The number of carboxylic acids is 2. The summed E-state index contributed by atoms with van der Waals surface area (Å²) in [5.41, 5.74) is 0.467. The summed E-state index contributed by atoms with van der Waals surface area (Å²) in [7, 11) is 0. The molecule has 3 aromatic rings. The molecule has 3 aromatic carbocycles. The Labute approximate surface area is 203 Å². The summed E-state index contributed by atoms with van der Waals surface area (Å²) < 4.78 is 11.6. The molecule has 0 atom stereocenters. The van der Waals surface area contributed by atoms with E-state index in [2.05, 4.69) is 5.32 Å². The van der Waals surface area contributed by atoms with Crippen LogP contribution in [0.25, 0.3) is 0 Å². The number of benzene rings is 3. The smallest absolute Gasteiger partial charge is 0.337 e. The van der Waals surface area contributed by atoms with Gasteiger partial charge < -0.3 is 25.0 Å². The Bertz CT molecular complexity index is 1160. The third kappa shape index (κ3) is 7.89. The van der Waals surface area contributed by atoms with Crippen LogP contribution in [0.3, 0.4) is 0 Å². The first kappa shape index (κ1) is 25.3. The summed E-state index contributed by atoms with van der Waals surface area (Å²) in [4.78, 5) is 35.0. The van der Waals surface area contributed by atoms with E-state index in [9.17, 15) is 19.5 Å². The largest absolute Gasteiger partial charge is 0.494 e. The van der Waals surface area contributed by atoms with Crippen molar-refractivity contribution in [2.75, 3.05) is 18.5 Å². The van der Waals surface area contributed by atoms with Crippen LogP contribution in [0.1, 0.15) is 45.5 Å². The number of unbranched alkanes of at least 4 members (excludes halogenated alkanes) is 1. The second-order valence-corrected chi connectivity index (χ2v) is 7.74. The van der Waals surface area contributed by atoms with Gasteiger partial charge in [0, 0.05) is 6.42 Å². The third-order valence-corrected chi connectivity index (χ3v) is 5.17. The van der Waals surface area contributed by atoms with Gasteiger partial charge in [0.15, 0.2) is 0 Å². The third-order valence-electron chi connectivity index (χ3n) is 5.17. The Balaban J connectivity index is 1.47. The van der Waals surface area contributed by atoms with E-state index in [0.29, 0.717) is 25.4 Å². The molecule has 0 aliphatic heterocycles. The van der Waals surface area contributed by atoms with Gasteiger partial charge in [0.05, 0.1) is 30.0 Å². The number of carbonyl (C=O) groups excluding carboxylic acids is 1. The molecule has 0 saturated heterocycles. The van der Waals surface area contributed by atoms with E-state index in [1.165, 1.54) is 12.1 Å². The number of aryl methyl sites for hydroxylation is 1. The summed E-state index contributed by atoms with van der Waals surface area (Å²) in [6.07, 6.45) is 2.15. The maximum atomic E-state index is 12.5. The van der Waals surface area contributed by atoms with Gasteiger partial charge in [0.1, 0.15) is 11.5 Å². The molecule has 35 heavy (non-hydrogen) atoms. The Morgan fingerprint density at radius 3 is 2.17 bits per heavy atom. The number of hydrogen-bond acceptors (Lipinski definition) is 5. The highest BCUT2D eigenvalue weighted by Crippen LogP contribution is 2.22. The summed E-state index contributed by atoms with van der Waals surface area (Å²) in [6.45, 7) is 1.11. The standard InChI is InChI=1S/C27H27NO7/c29-25(28-23-14-12-20(26(30)31)18-22(23)27(32)33)15-13-19-8-4-5-11-24(19)35-17-7-6-16-34-21-9-2-1-3-10-21/h1-5,8-12,14,18H,6-7,13,15-17H2,(H,28,29)(H,30,31)(H,32,33). The monoisotopic (exact) mass is 477 g/mol. The molecule has 3 N–H and O–H groups in total. The van der Waals surface area contributed by atoms with Gasteiger partial charge >= 0.3 is 11.9 Å². The summed E-state index contributed by atoms with van der Waals surface area (Å²) >= 11 is 0. The number of para-hydroxylation sites is 2. The molecule has 0 unspecified atom stereocenters. The molecule has 0 aliphatic carbocycles. The molecule has 1 amide bonds. The number of carbonyl (C=O) groups is 3. The first-order chi connectivity index (χ1) is 16.9. The van der Waals surface area contributed by atoms with Crippen LogP contribution in [0.2, 0.25) is 0 Å². The topological polar surface area (TPSA) is 122 Å². The Hall–Kier alpha value is -4.33. The van der Waals surface area contributed by atoms with Crippen molar-refractivity contribution in [2.45, 2.75) is 25.7 Å². The lowest BCUT2D eigenvalue weighted by molar-refractivity contribution is -0.116. The highest BCUT2D eigenvalue weighted by molar-refractivity contribution is 6.02. The minimum Gasteiger partial charge on any atom is -0.494 e. The number of ether oxygens (including phenoxy) is 2. The number of anilines is 1. The molecule has 182 valence electrons. The quantitative estimate of drug-likeness (QED) is 0.300. The molecule has 0 heterocycles. The van der Waals surface area contributed by atoms with Crippen molar-refractivity contribution < 1.29 is 34.1 Å². The normalized spacial score (nSPS) is 10.4. The summed E-state index contributed by atoms with van der Waals surface area (Å²) in [5.74, 6) is -1.42. The number of nitrogens with one attached hydrogen (secondary N) is 1. The predicted molar refractivity (Wildman–Crippen MR) is 130 cm³/mol. The maximum absolute atomic E-state index is 12.5. The van der Waals surface area contributed by atoms with Crippen molar-refractivity contribution in [2.24, 2.45) is 0 Å². The number of hydrogen-bond donors (Lipinski definition) is 3. The molecule has 0 bridgehead atoms. The SMILES string of the molecule is O=C(CCc1ccccc1OCCCCOc1ccccc1)Nc1ccc(C(=O)O)cc1C(=O)O. The molecule has 0 fully saturated rings. The van der Waals surface area contributed by atoms with E-state index in [-0.39, 0.29) is 29.1 Å². The van der Waals surface area contributed by atoms with E-state index >= 15 is 0 Å². The maximum Gasteiger partial charge on any atom is 0.337 e. The van der Waals surface area contributed by atoms with Crippen molar-refractivity contribution >= 4 is 23.5 Å². The van der Waals surface area contributed by atoms with Gasteiger partial charge in [-0.15, -0.1) is 0 Å².